The number of nitrogens with two attached hydrogens (primary N) is 1. The number of halogens is 1. The SMILES string of the molecule is C=N/C(=C\N=C(C)N1CCC(C)(CN)CC1)Sc1ccc2ncn(Cc3ccccc3)c(=O)c2c1Cl. The molecule has 1 aromatic heterocycles. The van der Waals surface area contributed by atoms with Gasteiger partial charge in [0.05, 0.1) is 35.0 Å². The Morgan fingerprint density at radius 1 is 1.25 bits per heavy atom. The zero-order valence-electron chi connectivity index (χ0n) is 20.7. The highest BCUT2D eigenvalue weighted by molar-refractivity contribution is 8.03. The first-order valence-corrected chi connectivity index (χ1v) is 13.1. The molecule has 4 rings (SSSR count). The Kier molecular flexibility index (Phi) is 8.28. The van der Waals surface area contributed by atoms with Crippen molar-refractivity contribution in [3.8, 4) is 0 Å². The molecule has 3 aromatic rings. The highest BCUT2D eigenvalue weighted by Gasteiger charge is 2.28. The number of fused-ring (bicyclic) bond motifs is 1. The lowest BCUT2D eigenvalue weighted by molar-refractivity contribution is 0.175. The van der Waals surface area contributed by atoms with Gasteiger partial charge in [-0.3, -0.25) is 14.4 Å². The molecule has 2 aromatic carbocycles. The summed E-state index contributed by atoms with van der Waals surface area (Å²) >= 11 is 8.05. The van der Waals surface area contributed by atoms with Crippen molar-refractivity contribution >= 4 is 46.8 Å². The molecule has 36 heavy (non-hydrogen) atoms. The number of aliphatic imine (C=N–C) groups is 2. The molecule has 0 saturated carbocycles. The van der Waals surface area contributed by atoms with Crippen molar-refractivity contribution in [3.63, 3.8) is 0 Å². The number of thioether (sulfide) groups is 1. The molecular formula is C27H31ClN6OS. The summed E-state index contributed by atoms with van der Waals surface area (Å²) in [5.74, 6) is 0.924. The summed E-state index contributed by atoms with van der Waals surface area (Å²) in [5.41, 5.74) is 7.52. The van der Waals surface area contributed by atoms with Crippen LogP contribution in [0.3, 0.4) is 0 Å². The second-order valence-electron chi connectivity index (χ2n) is 9.34. The number of nitrogens with zero attached hydrogens (tertiary/aromatic N) is 5. The summed E-state index contributed by atoms with van der Waals surface area (Å²) in [6, 6.07) is 13.4. The molecule has 0 bridgehead atoms. The highest BCUT2D eigenvalue weighted by Crippen LogP contribution is 2.36. The van der Waals surface area contributed by atoms with Crippen LogP contribution in [0, 0.1) is 5.41 Å². The van der Waals surface area contributed by atoms with Crippen LogP contribution in [0.2, 0.25) is 5.02 Å². The molecule has 2 N–H and O–H groups in total. The van der Waals surface area contributed by atoms with Crippen LogP contribution in [0.25, 0.3) is 10.9 Å². The highest BCUT2D eigenvalue weighted by atomic mass is 35.5. The smallest absolute Gasteiger partial charge is 0.263 e. The summed E-state index contributed by atoms with van der Waals surface area (Å²) in [4.78, 5) is 29.4. The summed E-state index contributed by atoms with van der Waals surface area (Å²) < 4.78 is 1.57. The Morgan fingerprint density at radius 3 is 2.64 bits per heavy atom. The van der Waals surface area contributed by atoms with Crippen molar-refractivity contribution in [2.24, 2.45) is 21.1 Å². The van der Waals surface area contributed by atoms with E-state index in [0.29, 0.717) is 38.9 Å². The molecular weight excluding hydrogens is 492 g/mol. The largest absolute Gasteiger partial charge is 0.360 e. The third kappa shape index (κ3) is 5.88. The first-order chi connectivity index (χ1) is 17.3. The Bertz CT molecular complexity index is 1360. The third-order valence-electron chi connectivity index (χ3n) is 6.74. The molecule has 0 radical (unpaired) electrons. The van der Waals surface area contributed by atoms with Gasteiger partial charge in [-0.15, -0.1) is 0 Å². The van der Waals surface area contributed by atoms with Crippen LogP contribution in [0.5, 0.6) is 0 Å². The Labute approximate surface area is 220 Å². The maximum Gasteiger partial charge on any atom is 0.263 e. The van der Waals surface area contributed by atoms with E-state index >= 15 is 0 Å². The first-order valence-electron chi connectivity index (χ1n) is 11.9. The van der Waals surface area contributed by atoms with Gasteiger partial charge in [0, 0.05) is 18.0 Å². The van der Waals surface area contributed by atoms with Gasteiger partial charge in [0.2, 0.25) is 0 Å². The van der Waals surface area contributed by atoms with E-state index in [4.69, 9.17) is 17.3 Å². The topological polar surface area (TPSA) is 88.9 Å². The minimum absolute atomic E-state index is 0.183. The van der Waals surface area contributed by atoms with E-state index < -0.39 is 0 Å². The van der Waals surface area contributed by atoms with E-state index in [0.717, 1.165) is 37.3 Å². The lowest BCUT2D eigenvalue weighted by Crippen LogP contribution is -2.44. The van der Waals surface area contributed by atoms with Gasteiger partial charge in [-0.25, -0.2) is 9.98 Å². The molecule has 0 amide bonds. The van der Waals surface area contributed by atoms with Crippen molar-refractivity contribution in [1.29, 1.82) is 0 Å². The molecule has 0 atom stereocenters. The predicted molar refractivity (Wildman–Crippen MR) is 151 cm³/mol. The van der Waals surface area contributed by atoms with Gasteiger partial charge in [-0.1, -0.05) is 60.6 Å². The summed E-state index contributed by atoms with van der Waals surface area (Å²) in [6.07, 6.45) is 5.35. The normalized spacial score (nSPS) is 16.4. The fourth-order valence-corrected chi connectivity index (χ4v) is 5.25. The van der Waals surface area contributed by atoms with Crippen molar-refractivity contribution in [2.75, 3.05) is 19.6 Å². The quantitative estimate of drug-likeness (QED) is 0.263. The Hall–Kier alpha value is -2.94. The summed E-state index contributed by atoms with van der Waals surface area (Å²) in [5, 5.41) is 1.33. The number of hydrogen-bond acceptors (Lipinski definition) is 6. The van der Waals surface area contributed by atoms with Crippen LogP contribution in [-0.4, -0.2) is 46.6 Å². The fourth-order valence-electron chi connectivity index (χ4n) is 4.17. The third-order valence-corrected chi connectivity index (χ3v) is 8.25. The lowest BCUT2D eigenvalue weighted by Gasteiger charge is -2.39. The number of hydrogen-bond donors (Lipinski definition) is 1. The van der Waals surface area contributed by atoms with Gasteiger partial charge < -0.3 is 10.6 Å². The van der Waals surface area contributed by atoms with Gasteiger partial charge in [-0.2, -0.15) is 0 Å². The van der Waals surface area contributed by atoms with Crippen molar-refractivity contribution in [3.05, 3.63) is 81.0 Å². The molecule has 1 fully saturated rings. The van der Waals surface area contributed by atoms with Crippen molar-refractivity contribution < 1.29 is 0 Å². The van der Waals surface area contributed by atoms with Crippen LogP contribution in [0.1, 0.15) is 32.3 Å². The molecule has 2 heterocycles. The van der Waals surface area contributed by atoms with Gasteiger partial charge in [0.1, 0.15) is 10.9 Å². The van der Waals surface area contributed by atoms with Crippen molar-refractivity contribution in [2.45, 2.75) is 38.1 Å². The van der Waals surface area contributed by atoms with Crippen LogP contribution < -0.4 is 11.3 Å². The van der Waals surface area contributed by atoms with E-state index in [2.05, 4.69) is 33.5 Å². The monoisotopic (exact) mass is 522 g/mol. The number of rotatable bonds is 7. The molecule has 7 nitrogen and oxygen atoms in total. The van der Waals surface area contributed by atoms with E-state index in [1.807, 2.05) is 43.3 Å². The number of likely N-dealkylation sites (tertiary alicyclic amines) is 1. The van der Waals surface area contributed by atoms with E-state index in [9.17, 15) is 4.79 Å². The second kappa shape index (κ2) is 11.4. The van der Waals surface area contributed by atoms with Gasteiger partial charge in [0.25, 0.3) is 5.56 Å². The van der Waals surface area contributed by atoms with E-state index in [-0.39, 0.29) is 11.0 Å². The summed E-state index contributed by atoms with van der Waals surface area (Å²) in [6.45, 7) is 10.9. The van der Waals surface area contributed by atoms with Crippen LogP contribution in [0.15, 0.2) is 79.7 Å². The predicted octanol–water partition coefficient (Wildman–Crippen LogP) is 5.17. The van der Waals surface area contributed by atoms with E-state index in [1.54, 1.807) is 23.2 Å². The Balaban J connectivity index is 1.56. The number of piperidine rings is 1. The molecule has 0 unspecified atom stereocenters. The number of amidine groups is 1. The van der Waals surface area contributed by atoms with Crippen molar-refractivity contribution in [1.82, 2.24) is 14.5 Å². The summed E-state index contributed by atoms with van der Waals surface area (Å²) in [7, 11) is 0. The molecule has 0 spiro atoms. The molecule has 0 aliphatic carbocycles. The zero-order chi connectivity index (χ0) is 25.7. The first kappa shape index (κ1) is 26.1. The standard InChI is InChI=1S/C27H31ClN6OS/c1-19(33-13-11-27(2,17-29)12-14-33)31-15-23(30-3)36-22-10-9-21-24(25(22)28)26(35)34(18-32-21)16-20-7-5-4-6-8-20/h4-10,15,18H,3,11-14,16-17,29H2,1-2H3/b23-15+,31-19?. The van der Waals surface area contributed by atoms with Crippen LogP contribution >= 0.6 is 23.4 Å². The lowest BCUT2D eigenvalue weighted by atomic mass is 9.80. The van der Waals surface area contributed by atoms with Gasteiger partial charge in [-0.05, 0) is 56.1 Å². The maximum absolute atomic E-state index is 13.3. The average molecular weight is 523 g/mol. The fraction of sp³-hybridized carbons (Fsp3) is 0.333. The molecule has 1 aliphatic heterocycles. The number of benzene rings is 2. The molecule has 9 heteroatoms. The van der Waals surface area contributed by atoms with Crippen LogP contribution in [0.4, 0.5) is 0 Å². The molecule has 1 saturated heterocycles. The maximum atomic E-state index is 13.3. The minimum atomic E-state index is -0.183. The van der Waals surface area contributed by atoms with Gasteiger partial charge in [0.15, 0.2) is 0 Å². The average Bonchev–Trinajstić information content (AvgIpc) is 2.90. The minimum Gasteiger partial charge on any atom is -0.360 e. The van der Waals surface area contributed by atoms with Crippen LogP contribution in [-0.2, 0) is 6.54 Å². The van der Waals surface area contributed by atoms with E-state index in [1.165, 1.54) is 11.8 Å². The second-order valence-corrected chi connectivity index (χ2v) is 10.8. The molecule has 188 valence electrons. The zero-order valence-corrected chi connectivity index (χ0v) is 22.2. The van der Waals surface area contributed by atoms with Gasteiger partial charge >= 0.3 is 0 Å². The Morgan fingerprint density at radius 2 is 1.97 bits per heavy atom. The molecule has 1 aliphatic rings. The number of aromatic nitrogens is 2.